The third kappa shape index (κ3) is 3.82. The lowest BCUT2D eigenvalue weighted by Gasteiger charge is -2.08. The van der Waals surface area contributed by atoms with E-state index < -0.39 is 0 Å². The van der Waals surface area contributed by atoms with E-state index in [1.165, 1.54) is 18.4 Å². The summed E-state index contributed by atoms with van der Waals surface area (Å²) < 4.78 is 5.31. The third-order valence-electron chi connectivity index (χ3n) is 3.57. The molecule has 0 aliphatic heterocycles. The quantitative estimate of drug-likeness (QED) is 0.918. The molecule has 1 heterocycles. The van der Waals surface area contributed by atoms with Crippen molar-refractivity contribution in [2.45, 2.75) is 39.2 Å². The molecule has 1 aliphatic rings. The molecule has 3 heteroatoms. The Hall–Kier alpha value is -1.87. The summed E-state index contributed by atoms with van der Waals surface area (Å²) in [5, 5.41) is 0. The summed E-state index contributed by atoms with van der Waals surface area (Å²) in [6, 6.07) is 12.5. The Bertz CT molecular complexity index is 574. The highest BCUT2D eigenvalue weighted by Gasteiger charge is 2.24. The van der Waals surface area contributed by atoms with E-state index in [0.717, 1.165) is 16.8 Å². The molecular formula is C18H24N2O. The number of rotatable bonds is 4. The number of ether oxygens (including phenoxy) is 1. The van der Waals surface area contributed by atoms with E-state index >= 15 is 0 Å². The highest BCUT2D eigenvalue weighted by Crippen LogP contribution is 2.42. The van der Waals surface area contributed by atoms with E-state index in [1.54, 1.807) is 7.11 Å². The highest BCUT2D eigenvalue weighted by atomic mass is 16.5. The van der Waals surface area contributed by atoms with Gasteiger partial charge in [-0.1, -0.05) is 38.1 Å². The maximum atomic E-state index is 5.62. The van der Waals surface area contributed by atoms with Crippen LogP contribution in [-0.4, -0.2) is 12.1 Å². The first kappa shape index (κ1) is 15.5. The zero-order valence-electron chi connectivity index (χ0n) is 13.1. The number of aromatic nitrogens is 1. The Balaban J connectivity index is 0.000000774. The molecule has 0 unspecified atom stereocenters. The van der Waals surface area contributed by atoms with Gasteiger partial charge in [0.05, 0.1) is 12.8 Å². The van der Waals surface area contributed by atoms with Crippen LogP contribution >= 0.6 is 0 Å². The minimum Gasteiger partial charge on any atom is -0.481 e. The fourth-order valence-electron chi connectivity index (χ4n) is 2.24. The van der Waals surface area contributed by atoms with Crippen molar-refractivity contribution in [1.29, 1.82) is 0 Å². The van der Waals surface area contributed by atoms with Crippen LogP contribution in [0.5, 0.6) is 5.88 Å². The molecule has 0 spiro atoms. The number of hydrogen-bond donors (Lipinski definition) is 1. The third-order valence-corrected chi connectivity index (χ3v) is 3.57. The molecule has 1 aromatic heterocycles. The molecule has 1 aliphatic carbocycles. The number of nitrogens with two attached hydrogens (primary N) is 1. The standard InChI is InChI=1S/C16H18N2O.C2H6/c1-19-16-9-14(12-6-7-12)8-15(18-16)13-4-2-11(10-17)3-5-13;1-2/h2-5,8-9,12H,6-7,10,17H2,1H3;1-2H3. The van der Waals surface area contributed by atoms with E-state index in [-0.39, 0.29) is 0 Å². The van der Waals surface area contributed by atoms with Crippen LogP contribution < -0.4 is 10.5 Å². The molecule has 1 fully saturated rings. The molecule has 112 valence electrons. The second-order valence-electron chi connectivity index (χ2n) is 5.00. The smallest absolute Gasteiger partial charge is 0.213 e. The summed E-state index contributed by atoms with van der Waals surface area (Å²) in [6.45, 7) is 4.57. The van der Waals surface area contributed by atoms with Gasteiger partial charge in [0.25, 0.3) is 0 Å². The minimum atomic E-state index is 0.569. The minimum absolute atomic E-state index is 0.569. The summed E-state index contributed by atoms with van der Waals surface area (Å²) in [4.78, 5) is 4.53. The van der Waals surface area contributed by atoms with Crippen molar-refractivity contribution in [1.82, 2.24) is 4.98 Å². The average molecular weight is 284 g/mol. The molecule has 0 atom stereocenters. The van der Waals surface area contributed by atoms with Crippen LogP contribution in [0.25, 0.3) is 11.3 Å². The first-order valence-electron chi connectivity index (χ1n) is 7.65. The Morgan fingerprint density at radius 3 is 2.33 bits per heavy atom. The molecule has 0 bridgehead atoms. The lowest BCUT2D eigenvalue weighted by molar-refractivity contribution is 0.398. The average Bonchev–Trinajstić information content (AvgIpc) is 3.41. The highest BCUT2D eigenvalue weighted by molar-refractivity contribution is 5.61. The van der Waals surface area contributed by atoms with Crippen molar-refractivity contribution >= 4 is 0 Å². The van der Waals surface area contributed by atoms with Gasteiger partial charge in [-0.05, 0) is 36.0 Å². The van der Waals surface area contributed by atoms with E-state index in [4.69, 9.17) is 10.5 Å². The lowest BCUT2D eigenvalue weighted by Crippen LogP contribution is -1.96. The fourth-order valence-corrected chi connectivity index (χ4v) is 2.24. The first-order valence-corrected chi connectivity index (χ1v) is 7.65. The van der Waals surface area contributed by atoms with Gasteiger partial charge >= 0.3 is 0 Å². The molecule has 2 N–H and O–H groups in total. The van der Waals surface area contributed by atoms with E-state index in [9.17, 15) is 0 Å². The van der Waals surface area contributed by atoms with E-state index in [0.29, 0.717) is 18.3 Å². The van der Waals surface area contributed by atoms with E-state index in [2.05, 4.69) is 29.2 Å². The maximum Gasteiger partial charge on any atom is 0.213 e. The van der Waals surface area contributed by atoms with Crippen LogP contribution in [-0.2, 0) is 6.54 Å². The summed E-state index contributed by atoms with van der Waals surface area (Å²) in [6.07, 6.45) is 2.55. The van der Waals surface area contributed by atoms with Gasteiger partial charge in [-0.15, -0.1) is 0 Å². The molecule has 0 amide bonds. The Morgan fingerprint density at radius 1 is 1.14 bits per heavy atom. The molecule has 3 nitrogen and oxygen atoms in total. The second kappa shape index (κ2) is 7.23. The van der Waals surface area contributed by atoms with Crippen LogP contribution in [0, 0.1) is 0 Å². The Labute approximate surface area is 127 Å². The van der Waals surface area contributed by atoms with Gasteiger partial charge in [0.2, 0.25) is 5.88 Å². The monoisotopic (exact) mass is 284 g/mol. The van der Waals surface area contributed by atoms with Crippen molar-refractivity contribution in [3.05, 3.63) is 47.5 Å². The predicted octanol–water partition coefficient (Wildman–Crippen LogP) is 4.12. The Morgan fingerprint density at radius 2 is 1.81 bits per heavy atom. The van der Waals surface area contributed by atoms with Crippen molar-refractivity contribution < 1.29 is 4.74 Å². The normalized spacial score (nSPS) is 13.3. The van der Waals surface area contributed by atoms with Crippen LogP contribution in [0.3, 0.4) is 0 Å². The number of hydrogen-bond acceptors (Lipinski definition) is 3. The van der Waals surface area contributed by atoms with Crippen molar-refractivity contribution in [3.8, 4) is 17.1 Å². The van der Waals surface area contributed by atoms with Gasteiger partial charge in [0.1, 0.15) is 0 Å². The predicted molar refractivity (Wildman–Crippen MR) is 87.4 cm³/mol. The zero-order chi connectivity index (χ0) is 15.2. The molecule has 0 radical (unpaired) electrons. The van der Waals surface area contributed by atoms with Crippen molar-refractivity contribution in [2.24, 2.45) is 5.73 Å². The second-order valence-corrected chi connectivity index (χ2v) is 5.00. The zero-order valence-corrected chi connectivity index (χ0v) is 13.1. The van der Waals surface area contributed by atoms with Crippen LogP contribution in [0.2, 0.25) is 0 Å². The van der Waals surface area contributed by atoms with Gasteiger partial charge in [-0.25, -0.2) is 4.98 Å². The number of nitrogens with zero attached hydrogens (tertiary/aromatic N) is 1. The largest absolute Gasteiger partial charge is 0.481 e. The van der Waals surface area contributed by atoms with Gasteiger partial charge in [-0.2, -0.15) is 0 Å². The van der Waals surface area contributed by atoms with Crippen LogP contribution in [0.1, 0.15) is 43.7 Å². The van der Waals surface area contributed by atoms with Gasteiger partial charge in [0.15, 0.2) is 0 Å². The summed E-state index contributed by atoms with van der Waals surface area (Å²) in [7, 11) is 1.67. The molecule has 21 heavy (non-hydrogen) atoms. The molecular weight excluding hydrogens is 260 g/mol. The SMILES string of the molecule is CC.COc1cc(C2CC2)cc(-c2ccc(CN)cc2)n1. The first-order chi connectivity index (χ1) is 10.3. The summed E-state index contributed by atoms with van der Waals surface area (Å²) in [5.74, 6) is 1.39. The van der Waals surface area contributed by atoms with Crippen LogP contribution in [0.4, 0.5) is 0 Å². The summed E-state index contributed by atoms with van der Waals surface area (Å²) in [5.41, 5.74) is 10.2. The molecule has 0 saturated heterocycles. The number of benzene rings is 1. The molecule has 2 aromatic rings. The fraction of sp³-hybridized carbons (Fsp3) is 0.389. The topological polar surface area (TPSA) is 48.1 Å². The maximum absolute atomic E-state index is 5.62. The van der Waals surface area contributed by atoms with Crippen LogP contribution in [0.15, 0.2) is 36.4 Å². The van der Waals surface area contributed by atoms with Gasteiger partial charge in [-0.3, -0.25) is 0 Å². The number of methoxy groups -OCH3 is 1. The molecule has 3 rings (SSSR count). The van der Waals surface area contributed by atoms with Gasteiger partial charge in [0, 0.05) is 18.2 Å². The van der Waals surface area contributed by atoms with Crippen molar-refractivity contribution in [3.63, 3.8) is 0 Å². The summed E-state index contributed by atoms with van der Waals surface area (Å²) >= 11 is 0. The molecule has 1 aromatic carbocycles. The Kier molecular flexibility index (Phi) is 5.34. The van der Waals surface area contributed by atoms with E-state index in [1.807, 2.05) is 26.0 Å². The number of pyridine rings is 1. The van der Waals surface area contributed by atoms with Gasteiger partial charge < -0.3 is 10.5 Å². The molecule has 1 saturated carbocycles. The lowest BCUT2D eigenvalue weighted by atomic mass is 10.0. The van der Waals surface area contributed by atoms with Crippen molar-refractivity contribution in [2.75, 3.05) is 7.11 Å².